The molecule has 0 amide bonds. The number of carboxylic acids is 1. The predicted molar refractivity (Wildman–Crippen MR) is 48.8 cm³/mol. The van der Waals surface area contributed by atoms with Gasteiger partial charge in [-0.15, -0.1) is 0 Å². The second kappa shape index (κ2) is 9.67. The van der Waals surface area contributed by atoms with E-state index in [1.54, 1.807) is 0 Å². The molecular weight excluding hydrogens is 263 g/mol. The first-order valence-electron chi connectivity index (χ1n) is 2.83. The topological polar surface area (TPSA) is 63.6 Å². The molecule has 0 aromatic carbocycles. The molecule has 0 radical (unpaired) electrons. The molecule has 11 heavy (non-hydrogen) atoms. The van der Waals surface area contributed by atoms with Gasteiger partial charge in [0.15, 0.2) is 0 Å². The summed E-state index contributed by atoms with van der Waals surface area (Å²) in [5, 5.41) is 8.05. The van der Waals surface area contributed by atoms with E-state index in [1.165, 1.54) is 7.11 Å². The van der Waals surface area contributed by atoms with Gasteiger partial charge in [-0.1, -0.05) is 22.6 Å². The minimum absolute atomic E-state index is 0.0498. The summed E-state index contributed by atoms with van der Waals surface area (Å²) in [6.45, 7) is 0. The van der Waals surface area contributed by atoms with E-state index in [4.69, 9.17) is 5.11 Å². The Bertz CT molecular complexity index is 124. The number of alkyl halides is 1. The molecule has 0 heterocycles. The van der Waals surface area contributed by atoms with Gasteiger partial charge in [0, 0.05) is 0 Å². The average molecular weight is 274 g/mol. The van der Waals surface area contributed by atoms with Gasteiger partial charge in [0.25, 0.3) is 0 Å². The molecule has 0 saturated carbocycles. The Morgan fingerprint density at radius 2 is 1.82 bits per heavy atom. The van der Waals surface area contributed by atoms with Crippen LogP contribution in [0.4, 0.5) is 0 Å². The van der Waals surface area contributed by atoms with Crippen LogP contribution in [-0.4, -0.2) is 29.1 Å². The van der Waals surface area contributed by atoms with Gasteiger partial charge in [-0.25, -0.2) is 0 Å². The van der Waals surface area contributed by atoms with Gasteiger partial charge in [-0.3, -0.25) is 9.59 Å². The van der Waals surface area contributed by atoms with Crippen LogP contribution in [0.1, 0.15) is 12.8 Å². The number of carbonyl (C=O) groups excluding carboxylic acids is 1. The summed E-state index contributed by atoms with van der Waals surface area (Å²) in [6.07, 6.45) is -0.210. The van der Waals surface area contributed by atoms with Crippen LogP contribution in [0.3, 0.4) is 0 Å². The number of hydrogen-bond donors (Lipinski definition) is 1. The summed E-state index contributed by atoms with van der Waals surface area (Å²) in [6, 6.07) is 0. The number of carbonyl (C=O) groups is 2. The fraction of sp³-hybridized carbons (Fsp3) is 0.667. The zero-order valence-electron chi connectivity index (χ0n) is 6.46. The van der Waals surface area contributed by atoms with Gasteiger partial charge < -0.3 is 9.84 Å². The van der Waals surface area contributed by atoms with Crippen LogP contribution in [0.15, 0.2) is 0 Å². The third kappa shape index (κ3) is 12.8. The third-order valence-corrected chi connectivity index (χ3v) is 0.771. The number of aliphatic carboxylic acids is 1. The van der Waals surface area contributed by atoms with Crippen molar-refractivity contribution >= 4 is 34.5 Å². The summed E-state index contributed by atoms with van der Waals surface area (Å²) in [5.41, 5.74) is 0. The molecule has 4 nitrogen and oxygen atoms in total. The largest absolute Gasteiger partial charge is 0.481 e. The van der Waals surface area contributed by atoms with E-state index in [-0.39, 0.29) is 12.8 Å². The number of methoxy groups -OCH3 is 1. The molecule has 0 fully saturated rings. The van der Waals surface area contributed by atoms with Crippen molar-refractivity contribution in [3.8, 4) is 0 Å². The number of carboxylic acid groups (broad SMARTS) is 1. The maximum absolute atomic E-state index is 10.2. The standard InChI is InChI=1S/C5H8O4.CH3I/c1-9-5(8)3-2-4(6)7;1-2/h2-3H2,1H3,(H,6,7);1H3. The van der Waals surface area contributed by atoms with Crippen molar-refractivity contribution in [3.63, 3.8) is 0 Å². The maximum atomic E-state index is 10.2. The minimum Gasteiger partial charge on any atom is -0.481 e. The van der Waals surface area contributed by atoms with Gasteiger partial charge in [0.1, 0.15) is 0 Å². The molecule has 1 N–H and O–H groups in total. The van der Waals surface area contributed by atoms with E-state index in [9.17, 15) is 9.59 Å². The second-order valence-corrected chi connectivity index (χ2v) is 1.47. The third-order valence-electron chi connectivity index (χ3n) is 0.771. The number of hydrogen-bond acceptors (Lipinski definition) is 3. The normalized spacial score (nSPS) is 7.55. The molecule has 0 bridgehead atoms. The lowest BCUT2D eigenvalue weighted by molar-refractivity contribution is -0.145. The van der Waals surface area contributed by atoms with Crippen LogP contribution >= 0.6 is 22.6 Å². The van der Waals surface area contributed by atoms with E-state index in [2.05, 4.69) is 27.3 Å². The summed E-state index contributed by atoms with van der Waals surface area (Å²) < 4.78 is 4.20. The van der Waals surface area contributed by atoms with Crippen molar-refractivity contribution in [2.24, 2.45) is 0 Å². The lowest BCUT2D eigenvalue weighted by Crippen LogP contribution is -2.04. The summed E-state index contributed by atoms with van der Waals surface area (Å²) in [4.78, 5) is 22.0. The van der Waals surface area contributed by atoms with Crippen molar-refractivity contribution in [1.82, 2.24) is 0 Å². The maximum Gasteiger partial charge on any atom is 0.306 e. The van der Waals surface area contributed by atoms with Gasteiger partial charge >= 0.3 is 11.9 Å². The van der Waals surface area contributed by atoms with Gasteiger partial charge in [0.05, 0.1) is 20.0 Å². The van der Waals surface area contributed by atoms with E-state index in [0.29, 0.717) is 0 Å². The first-order valence-corrected chi connectivity index (χ1v) is 4.99. The Kier molecular flexibility index (Phi) is 11.7. The van der Waals surface area contributed by atoms with Crippen molar-refractivity contribution in [3.05, 3.63) is 0 Å². The van der Waals surface area contributed by atoms with Gasteiger partial charge in [-0.05, 0) is 4.93 Å². The molecule has 5 heteroatoms. The Morgan fingerprint density at radius 1 is 1.36 bits per heavy atom. The second-order valence-electron chi connectivity index (χ2n) is 1.47. The number of esters is 1. The van der Waals surface area contributed by atoms with Crippen LogP contribution in [0, 0.1) is 0 Å². The number of ether oxygens (including phenoxy) is 1. The highest BCUT2D eigenvalue weighted by Gasteiger charge is 2.02. The van der Waals surface area contributed by atoms with Crippen molar-refractivity contribution in [2.45, 2.75) is 12.8 Å². The zero-order chi connectivity index (χ0) is 9.28. The number of rotatable bonds is 3. The van der Waals surface area contributed by atoms with E-state index in [1.807, 2.05) is 4.93 Å². The Labute approximate surface area is 79.1 Å². The van der Waals surface area contributed by atoms with Crippen LogP contribution < -0.4 is 0 Å². The molecule has 0 saturated heterocycles. The first kappa shape index (κ1) is 13.3. The van der Waals surface area contributed by atoms with E-state index < -0.39 is 11.9 Å². The van der Waals surface area contributed by atoms with Gasteiger partial charge in [0.2, 0.25) is 0 Å². The molecule has 0 unspecified atom stereocenters. The molecule has 0 aromatic heterocycles. The van der Waals surface area contributed by atoms with E-state index in [0.717, 1.165) is 0 Å². The highest BCUT2D eigenvalue weighted by Crippen LogP contribution is 1.89. The fourth-order valence-corrected chi connectivity index (χ4v) is 0.311. The molecule has 0 aliphatic rings. The molecule has 66 valence electrons. The smallest absolute Gasteiger partial charge is 0.306 e. The van der Waals surface area contributed by atoms with Crippen LogP contribution in [0.2, 0.25) is 0 Å². The Balaban J connectivity index is 0. The average Bonchev–Trinajstić information content (AvgIpc) is 2.04. The molecule has 0 aliphatic heterocycles. The zero-order valence-corrected chi connectivity index (χ0v) is 8.62. The van der Waals surface area contributed by atoms with Crippen LogP contribution in [-0.2, 0) is 14.3 Å². The summed E-state index contributed by atoms with van der Waals surface area (Å²) in [7, 11) is 1.23. The Morgan fingerprint density at radius 3 is 2.09 bits per heavy atom. The molecule has 0 spiro atoms. The lowest BCUT2D eigenvalue weighted by Gasteiger charge is -1.92. The van der Waals surface area contributed by atoms with Gasteiger partial charge in [-0.2, -0.15) is 0 Å². The molecule has 0 atom stereocenters. The molecule has 0 aromatic rings. The molecule has 0 aliphatic carbocycles. The monoisotopic (exact) mass is 274 g/mol. The Hall–Kier alpha value is -0.330. The highest BCUT2D eigenvalue weighted by molar-refractivity contribution is 14.1. The lowest BCUT2D eigenvalue weighted by atomic mass is 10.3. The summed E-state index contributed by atoms with van der Waals surface area (Å²) >= 11 is 2.15. The predicted octanol–water partition coefficient (Wildman–Crippen LogP) is 1.08. The molecule has 0 rings (SSSR count). The quantitative estimate of drug-likeness (QED) is 0.475. The van der Waals surface area contributed by atoms with Crippen LogP contribution in [0.25, 0.3) is 0 Å². The fourth-order valence-electron chi connectivity index (χ4n) is 0.311. The summed E-state index contributed by atoms with van der Waals surface area (Å²) in [5.74, 6) is -1.47. The highest BCUT2D eigenvalue weighted by atomic mass is 127. The van der Waals surface area contributed by atoms with Crippen molar-refractivity contribution in [1.29, 1.82) is 0 Å². The molecular formula is C6H11IO4. The SMILES string of the molecule is CI.COC(=O)CCC(=O)O. The van der Waals surface area contributed by atoms with E-state index >= 15 is 0 Å². The van der Waals surface area contributed by atoms with Crippen molar-refractivity contribution < 1.29 is 19.4 Å². The van der Waals surface area contributed by atoms with Crippen molar-refractivity contribution in [2.75, 3.05) is 12.0 Å². The number of halogens is 1. The first-order chi connectivity index (χ1) is 5.16. The van der Waals surface area contributed by atoms with Crippen LogP contribution in [0.5, 0.6) is 0 Å². The minimum atomic E-state index is -0.986.